The van der Waals surface area contributed by atoms with Crippen molar-refractivity contribution in [1.29, 1.82) is 0 Å². The molecule has 1 aliphatic heterocycles. The van der Waals surface area contributed by atoms with Crippen LogP contribution >= 0.6 is 0 Å². The fourth-order valence-corrected chi connectivity index (χ4v) is 3.87. The fraction of sp³-hybridized carbons (Fsp3) is 0.600. The summed E-state index contributed by atoms with van der Waals surface area (Å²) in [6, 6.07) is 4.37. The third-order valence-corrected chi connectivity index (χ3v) is 5.34. The van der Waals surface area contributed by atoms with Gasteiger partial charge in [0.05, 0.1) is 4.92 Å². The Morgan fingerprint density at radius 3 is 2.78 bits per heavy atom. The third kappa shape index (κ3) is 4.42. The van der Waals surface area contributed by atoms with Crippen molar-refractivity contribution in [2.45, 2.75) is 24.7 Å². The highest BCUT2D eigenvalue weighted by atomic mass is 32.2. The van der Waals surface area contributed by atoms with Crippen molar-refractivity contribution in [3.8, 4) is 0 Å². The molecule has 0 saturated carbocycles. The fourth-order valence-electron chi connectivity index (χ4n) is 3.01. The number of para-hydroxylation sites is 1. The van der Waals surface area contributed by atoms with Crippen molar-refractivity contribution in [2.75, 3.05) is 37.8 Å². The number of nitro groups is 1. The molecule has 1 aromatic rings. The number of piperidine rings is 1. The van der Waals surface area contributed by atoms with Gasteiger partial charge in [-0.1, -0.05) is 13.0 Å². The number of nitrogens with one attached hydrogen (secondary N) is 1. The SMILES string of the molecule is CCN1CCCC(CNc2cccc(S(C)(=O)=O)c2[N+](=O)[O-])C1. The van der Waals surface area contributed by atoms with E-state index < -0.39 is 14.8 Å². The number of anilines is 1. The summed E-state index contributed by atoms with van der Waals surface area (Å²) in [4.78, 5) is 12.8. The molecule has 0 bridgehead atoms. The van der Waals surface area contributed by atoms with E-state index in [9.17, 15) is 18.5 Å². The molecule has 0 spiro atoms. The summed E-state index contributed by atoms with van der Waals surface area (Å²) in [6.45, 7) is 5.78. The maximum Gasteiger partial charge on any atom is 0.310 e. The largest absolute Gasteiger partial charge is 0.379 e. The van der Waals surface area contributed by atoms with Crippen molar-refractivity contribution in [1.82, 2.24) is 4.90 Å². The topological polar surface area (TPSA) is 92.6 Å². The van der Waals surface area contributed by atoms with E-state index >= 15 is 0 Å². The molecule has 0 amide bonds. The first-order valence-corrected chi connectivity index (χ1v) is 9.65. The summed E-state index contributed by atoms with van der Waals surface area (Å²) in [7, 11) is -3.65. The lowest BCUT2D eigenvalue weighted by Gasteiger charge is -2.32. The molecule has 1 aromatic carbocycles. The number of likely N-dealkylation sites (tertiary alicyclic amines) is 1. The molecule has 0 aromatic heterocycles. The molecule has 128 valence electrons. The van der Waals surface area contributed by atoms with Gasteiger partial charge >= 0.3 is 5.69 Å². The van der Waals surface area contributed by atoms with Gasteiger partial charge in [-0.05, 0) is 44.0 Å². The summed E-state index contributed by atoms with van der Waals surface area (Å²) >= 11 is 0. The molecule has 1 aliphatic rings. The molecule has 1 fully saturated rings. The molecule has 1 atom stereocenters. The Bertz CT molecular complexity index is 675. The molecule has 1 heterocycles. The van der Waals surface area contributed by atoms with Crippen molar-refractivity contribution in [3.63, 3.8) is 0 Å². The number of hydrogen-bond donors (Lipinski definition) is 1. The van der Waals surface area contributed by atoms with Crippen LogP contribution in [0.25, 0.3) is 0 Å². The Hall–Kier alpha value is -1.67. The molecule has 7 nitrogen and oxygen atoms in total. The highest BCUT2D eigenvalue weighted by Crippen LogP contribution is 2.32. The lowest BCUT2D eigenvalue weighted by molar-refractivity contribution is -0.386. The molecule has 1 N–H and O–H groups in total. The van der Waals surface area contributed by atoms with Crippen LogP contribution in [0.4, 0.5) is 11.4 Å². The predicted octanol–water partition coefficient (Wildman–Crippen LogP) is 2.14. The highest BCUT2D eigenvalue weighted by Gasteiger charge is 2.27. The zero-order chi connectivity index (χ0) is 17.0. The molecule has 1 unspecified atom stereocenters. The third-order valence-electron chi connectivity index (χ3n) is 4.21. The summed E-state index contributed by atoms with van der Waals surface area (Å²) in [6.07, 6.45) is 3.17. The first kappa shape index (κ1) is 17.7. The van der Waals surface area contributed by atoms with E-state index in [-0.39, 0.29) is 16.3 Å². The van der Waals surface area contributed by atoms with Crippen LogP contribution in [-0.4, -0.2) is 50.7 Å². The minimum atomic E-state index is -3.65. The van der Waals surface area contributed by atoms with Gasteiger partial charge in [-0.2, -0.15) is 0 Å². The van der Waals surface area contributed by atoms with Gasteiger partial charge in [0.1, 0.15) is 10.6 Å². The first-order valence-electron chi connectivity index (χ1n) is 7.76. The van der Waals surface area contributed by atoms with E-state index in [2.05, 4.69) is 17.1 Å². The van der Waals surface area contributed by atoms with Gasteiger partial charge in [0.2, 0.25) is 0 Å². The van der Waals surface area contributed by atoms with Crippen molar-refractivity contribution in [3.05, 3.63) is 28.3 Å². The van der Waals surface area contributed by atoms with Gasteiger partial charge in [-0.3, -0.25) is 10.1 Å². The van der Waals surface area contributed by atoms with Crippen LogP contribution in [-0.2, 0) is 9.84 Å². The van der Waals surface area contributed by atoms with Crippen LogP contribution in [0.2, 0.25) is 0 Å². The Labute approximate surface area is 136 Å². The molecule has 8 heteroatoms. The van der Waals surface area contributed by atoms with Crippen molar-refractivity contribution in [2.24, 2.45) is 5.92 Å². The molecule has 23 heavy (non-hydrogen) atoms. The van der Waals surface area contributed by atoms with Crippen LogP contribution in [0.1, 0.15) is 19.8 Å². The number of rotatable bonds is 6. The van der Waals surface area contributed by atoms with Gasteiger partial charge in [-0.25, -0.2) is 8.42 Å². The van der Waals surface area contributed by atoms with Crippen LogP contribution in [0.3, 0.4) is 0 Å². The molecular weight excluding hydrogens is 318 g/mol. The van der Waals surface area contributed by atoms with Crippen LogP contribution < -0.4 is 5.32 Å². The van der Waals surface area contributed by atoms with E-state index in [4.69, 9.17) is 0 Å². The lowest BCUT2D eigenvalue weighted by Crippen LogP contribution is -2.37. The van der Waals surface area contributed by atoms with Gasteiger partial charge in [0, 0.05) is 19.3 Å². The second kappa shape index (κ2) is 7.27. The second-order valence-corrected chi connectivity index (χ2v) is 7.95. The van der Waals surface area contributed by atoms with Gasteiger partial charge in [0.25, 0.3) is 0 Å². The van der Waals surface area contributed by atoms with Gasteiger partial charge < -0.3 is 10.2 Å². The van der Waals surface area contributed by atoms with Crippen molar-refractivity contribution < 1.29 is 13.3 Å². The first-order chi connectivity index (χ1) is 10.8. The second-order valence-electron chi connectivity index (χ2n) is 5.96. The normalized spacial score (nSPS) is 19.5. The van der Waals surface area contributed by atoms with Crippen molar-refractivity contribution >= 4 is 21.2 Å². The smallest absolute Gasteiger partial charge is 0.310 e. The van der Waals surface area contributed by atoms with Gasteiger partial charge in [-0.15, -0.1) is 0 Å². The standard InChI is InChI=1S/C15H23N3O4S/c1-3-17-9-5-6-12(11-17)10-16-13-7-4-8-14(23(2,21)22)15(13)18(19)20/h4,7-8,12,16H,3,5-6,9-11H2,1-2H3. The average molecular weight is 341 g/mol. The maximum absolute atomic E-state index is 11.8. The summed E-state index contributed by atoms with van der Waals surface area (Å²) < 4.78 is 23.5. The predicted molar refractivity (Wildman–Crippen MR) is 89.5 cm³/mol. The van der Waals surface area contributed by atoms with Crippen LogP contribution in [0.5, 0.6) is 0 Å². The highest BCUT2D eigenvalue weighted by molar-refractivity contribution is 7.90. The summed E-state index contributed by atoms with van der Waals surface area (Å²) in [5.41, 5.74) is -0.0929. The molecule has 2 rings (SSSR count). The summed E-state index contributed by atoms with van der Waals surface area (Å²) in [5.74, 6) is 0.408. The quantitative estimate of drug-likeness (QED) is 0.629. The van der Waals surface area contributed by atoms with E-state index in [1.807, 2.05) is 0 Å². The zero-order valence-electron chi connectivity index (χ0n) is 13.5. The number of nitro benzene ring substituents is 1. The molecule has 0 aliphatic carbocycles. The zero-order valence-corrected chi connectivity index (χ0v) is 14.3. The Kier molecular flexibility index (Phi) is 5.59. The molecule has 0 radical (unpaired) electrons. The maximum atomic E-state index is 11.8. The Balaban J connectivity index is 2.18. The number of benzene rings is 1. The van der Waals surface area contributed by atoms with Crippen LogP contribution in [0.15, 0.2) is 23.1 Å². The Morgan fingerprint density at radius 2 is 2.17 bits per heavy atom. The number of hydrogen-bond acceptors (Lipinski definition) is 6. The number of nitrogens with zero attached hydrogens (tertiary/aromatic N) is 2. The lowest BCUT2D eigenvalue weighted by atomic mass is 9.98. The van der Waals surface area contributed by atoms with E-state index in [1.54, 1.807) is 6.07 Å². The Morgan fingerprint density at radius 1 is 1.43 bits per heavy atom. The number of sulfone groups is 1. The summed E-state index contributed by atoms with van der Waals surface area (Å²) in [5, 5.41) is 14.4. The van der Waals surface area contributed by atoms with E-state index in [1.165, 1.54) is 12.1 Å². The van der Waals surface area contributed by atoms with E-state index in [0.717, 1.165) is 38.7 Å². The minimum absolute atomic E-state index is 0.244. The van der Waals surface area contributed by atoms with Gasteiger partial charge in [0.15, 0.2) is 9.84 Å². The van der Waals surface area contributed by atoms with Crippen LogP contribution in [0, 0.1) is 16.0 Å². The molecule has 1 saturated heterocycles. The monoisotopic (exact) mass is 341 g/mol. The molecular formula is C15H23N3O4S. The van der Waals surface area contributed by atoms with E-state index in [0.29, 0.717) is 12.5 Å². The average Bonchev–Trinajstić information content (AvgIpc) is 2.51. The minimum Gasteiger partial charge on any atom is -0.379 e.